The third-order valence-electron chi connectivity index (χ3n) is 2.48. The van der Waals surface area contributed by atoms with Crippen LogP contribution in [0, 0.1) is 6.92 Å². The van der Waals surface area contributed by atoms with Gasteiger partial charge in [-0.25, -0.2) is 0 Å². The lowest BCUT2D eigenvalue weighted by atomic mass is 10.1. The number of rotatable bonds is 4. The Hall–Kier alpha value is -1.39. The first-order valence-corrected chi connectivity index (χ1v) is 5.81. The molecule has 0 aliphatic carbocycles. The van der Waals surface area contributed by atoms with Crippen molar-refractivity contribution >= 4 is 11.6 Å². The molecule has 1 aromatic carbocycles. The summed E-state index contributed by atoms with van der Waals surface area (Å²) in [5.74, 6) is 1.17. The Morgan fingerprint density at radius 3 is 2.88 bits per heavy atom. The molecule has 0 saturated heterocycles. The van der Waals surface area contributed by atoms with Gasteiger partial charge in [0.1, 0.15) is 0 Å². The molecule has 2 rings (SSSR count). The fourth-order valence-corrected chi connectivity index (χ4v) is 1.74. The summed E-state index contributed by atoms with van der Waals surface area (Å²) >= 11 is 5.94. The molecule has 90 valence electrons. The van der Waals surface area contributed by atoms with Gasteiger partial charge in [-0.2, -0.15) is 0 Å². The summed E-state index contributed by atoms with van der Waals surface area (Å²) < 4.78 is 5.28. The number of hydrogen-bond acceptors (Lipinski definition) is 4. The molecule has 0 spiro atoms. The van der Waals surface area contributed by atoms with Crippen molar-refractivity contribution in [2.24, 2.45) is 0 Å². The van der Waals surface area contributed by atoms with E-state index in [0.717, 1.165) is 10.6 Å². The van der Waals surface area contributed by atoms with Crippen LogP contribution in [0.15, 0.2) is 28.7 Å². The molecule has 1 aromatic heterocycles. The van der Waals surface area contributed by atoms with E-state index >= 15 is 0 Å². The van der Waals surface area contributed by atoms with Gasteiger partial charge < -0.3 is 9.73 Å². The summed E-state index contributed by atoms with van der Waals surface area (Å²) in [4.78, 5) is 0. The van der Waals surface area contributed by atoms with Gasteiger partial charge in [0.15, 0.2) is 0 Å². The number of aromatic nitrogens is 2. The Kier molecular flexibility index (Phi) is 3.76. The predicted octanol–water partition coefficient (Wildman–Crippen LogP) is 2.88. The topological polar surface area (TPSA) is 51.0 Å². The molecular formula is C12H14ClN3O. The van der Waals surface area contributed by atoms with Crippen molar-refractivity contribution in [1.82, 2.24) is 15.5 Å². The van der Waals surface area contributed by atoms with Crippen molar-refractivity contribution in [3.8, 4) is 0 Å². The minimum absolute atomic E-state index is 0.181. The van der Waals surface area contributed by atoms with Crippen molar-refractivity contribution in [2.45, 2.75) is 26.4 Å². The number of hydrogen-bond donors (Lipinski definition) is 1. The summed E-state index contributed by atoms with van der Waals surface area (Å²) in [5, 5.41) is 11.7. The van der Waals surface area contributed by atoms with Crippen LogP contribution in [0.25, 0.3) is 0 Å². The zero-order valence-corrected chi connectivity index (χ0v) is 10.5. The van der Waals surface area contributed by atoms with Gasteiger partial charge in [-0.05, 0) is 24.6 Å². The highest BCUT2D eigenvalue weighted by Crippen LogP contribution is 2.17. The SMILES string of the molecule is Cc1nnc(CNC(C)c2cccc(Cl)c2)o1. The lowest BCUT2D eigenvalue weighted by Gasteiger charge is -2.12. The summed E-state index contributed by atoms with van der Waals surface area (Å²) in [5.41, 5.74) is 1.13. The van der Waals surface area contributed by atoms with E-state index in [9.17, 15) is 0 Å². The highest BCUT2D eigenvalue weighted by Gasteiger charge is 2.07. The van der Waals surface area contributed by atoms with Crippen LogP contribution < -0.4 is 5.32 Å². The van der Waals surface area contributed by atoms with Crippen molar-refractivity contribution < 1.29 is 4.42 Å². The first kappa shape index (κ1) is 12.1. The second-order valence-electron chi connectivity index (χ2n) is 3.87. The Labute approximate surface area is 105 Å². The highest BCUT2D eigenvalue weighted by atomic mass is 35.5. The standard InChI is InChI=1S/C12H14ClN3O/c1-8(10-4-3-5-11(13)6-10)14-7-12-16-15-9(2)17-12/h3-6,8,14H,7H2,1-2H3. The molecule has 0 fully saturated rings. The Morgan fingerprint density at radius 2 is 2.24 bits per heavy atom. The molecule has 1 N–H and O–H groups in total. The second-order valence-corrected chi connectivity index (χ2v) is 4.31. The van der Waals surface area contributed by atoms with Gasteiger partial charge in [-0.15, -0.1) is 10.2 Å². The first-order valence-electron chi connectivity index (χ1n) is 5.43. The molecule has 0 bridgehead atoms. The summed E-state index contributed by atoms with van der Waals surface area (Å²) in [6, 6.07) is 7.95. The second kappa shape index (κ2) is 5.29. The molecule has 1 unspecified atom stereocenters. The molecule has 4 nitrogen and oxygen atoms in total. The molecule has 0 saturated carbocycles. The lowest BCUT2D eigenvalue weighted by Crippen LogP contribution is -2.18. The number of benzene rings is 1. The van der Waals surface area contributed by atoms with Gasteiger partial charge in [0.2, 0.25) is 11.8 Å². The Morgan fingerprint density at radius 1 is 1.41 bits per heavy atom. The molecule has 0 amide bonds. The normalized spacial score (nSPS) is 12.6. The number of nitrogens with zero attached hydrogens (tertiary/aromatic N) is 2. The zero-order valence-electron chi connectivity index (χ0n) is 9.77. The van der Waals surface area contributed by atoms with E-state index in [4.69, 9.17) is 16.0 Å². The summed E-state index contributed by atoms with van der Waals surface area (Å²) in [7, 11) is 0. The number of aryl methyl sites for hydroxylation is 1. The molecule has 1 atom stereocenters. The molecule has 17 heavy (non-hydrogen) atoms. The Balaban J connectivity index is 1.95. The van der Waals surface area contributed by atoms with Gasteiger partial charge in [0.05, 0.1) is 6.54 Å². The fourth-order valence-electron chi connectivity index (χ4n) is 1.54. The summed E-state index contributed by atoms with van der Waals surface area (Å²) in [6.07, 6.45) is 0. The van der Waals surface area contributed by atoms with Gasteiger partial charge in [-0.3, -0.25) is 0 Å². The maximum absolute atomic E-state index is 5.94. The van der Waals surface area contributed by atoms with Crippen LogP contribution in [-0.4, -0.2) is 10.2 Å². The van der Waals surface area contributed by atoms with E-state index in [0.29, 0.717) is 18.3 Å². The highest BCUT2D eigenvalue weighted by molar-refractivity contribution is 6.30. The van der Waals surface area contributed by atoms with Gasteiger partial charge >= 0.3 is 0 Å². The van der Waals surface area contributed by atoms with Gasteiger partial charge in [-0.1, -0.05) is 23.7 Å². The fraction of sp³-hybridized carbons (Fsp3) is 0.333. The average molecular weight is 252 g/mol. The molecule has 0 aliphatic rings. The van der Waals surface area contributed by atoms with Gasteiger partial charge in [0, 0.05) is 18.0 Å². The molecule has 2 aromatic rings. The van der Waals surface area contributed by atoms with E-state index in [1.807, 2.05) is 24.3 Å². The maximum atomic E-state index is 5.94. The maximum Gasteiger partial charge on any atom is 0.230 e. The van der Waals surface area contributed by atoms with Crippen LogP contribution in [0.4, 0.5) is 0 Å². The summed E-state index contributed by atoms with van der Waals surface area (Å²) in [6.45, 7) is 4.39. The van der Waals surface area contributed by atoms with Crippen LogP contribution in [-0.2, 0) is 6.54 Å². The lowest BCUT2D eigenvalue weighted by molar-refractivity contribution is 0.430. The van der Waals surface area contributed by atoms with Crippen LogP contribution in [0.5, 0.6) is 0 Å². The molecule has 5 heteroatoms. The molecular weight excluding hydrogens is 238 g/mol. The monoisotopic (exact) mass is 251 g/mol. The first-order chi connectivity index (χ1) is 8.15. The predicted molar refractivity (Wildman–Crippen MR) is 65.7 cm³/mol. The van der Waals surface area contributed by atoms with E-state index < -0.39 is 0 Å². The largest absolute Gasteiger partial charge is 0.424 e. The number of halogens is 1. The van der Waals surface area contributed by atoms with Crippen LogP contribution in [0.3, 0.4) is 0 Å². The third kappa shape index (κ3) is 3.28. The third-order valence-corrected chi connectivity index (χ3v) is 2.71. The van der Waals surface area contributed by atoms with E-state index in [-0.39, 0.29) is 6.04 Å². The van der Waals surface area contributed by atoms with E-state index in [1.165, 1.54) is 0 Å². The zero-order chi connectivity index (χ0) is 12.3. The van der Waals surface area contributed by atoms with Crippen LogP contribution in [0.2, 0.25) is 5.02 Å². The van der Waals surface area contributed by atoms with Crippen molar-refractivity contribution in [1.29, 1.82) is 0 Å². The quantitative estimate of drug-likeness (QED) is 0.908. The van der Waals surface area contributed by atoms with Crippen molar-refractivity contribution in [2.75, 3.05) is 0 Å². The van der Waals surface area contributed by atoms with Crippen molar-refractivity contribution in [3.05, 3.63) is 46.6 Å². The number of nitrogens with one attached hydrogen (secondary N) is 1. The van der Waals surface area contributed by atoms with Crippen LogP contribution in [0.1, 0.15) is 30.3 Å². The smallest absolute Gasteiger partial charge is 0.230 e. The molecule has 1 heterocycles. The van der Waals surface area contributed by atoms with Gasteiger partial charge in [0.25, 0.3) is 0 Å². The Bertz CT molecular complexity index is 498. The minimum atomic E-state index is 0.181. The van der Waals surface area contributed by atoms with E-state index in [2.05, 4.69) is 22.4 Å². The van der Waals surface area contributed by atoms with E-state index in [1.54, 1.807) is 6.92 Å². The average Bonchev–Trinajstić information content (AvgIpc) is 2.72. The molecule has 0 aliphatic heterocycles. The van der Waals surface area contributed by atoms with Crippen LogP contribution >= 0.6 is 11.6 Å². The molecule has 0 radical (unpaired) electrons. The minimum Gasteiger partial charge on any atom is -0.424 e. The van der Waals surface area contributed by atoms with Crippen molar-refractivity contribution in [3.63, 3.8) is 0 Å².